The molecule has 16 heavy (non-hydrogen) atoms. The largest absolute Gasteiger partial charge is 0.398 e. The topological polar surface area (TPSA) is 26.0 Å². The van der Waals surface area contributed by atoms with E-state index in [2.05, 4.69) is 0 Å². The zero-order chi connectivity index (χ0) is 11.7. The zero-order valence-electron chi connectivity index (χ0n) is 9.00. The molecule has 0 aliphatic heterocycles. The number of anilines is 1. The first-order valence-corrected chi connectivity index (χ1v) is 5.38. The third-order valence-electron chi connectivity index (χ3n) is 2.69. The van der Waals surface area contributed by atoms with Crippen molar-refractivity contribution >= 4 is 30.6 Å². The van der Waals surface area contributed by atoms with E-state index in [0.29, 0.717) is 10.5 Å². The van der Waals surface area contributed by atoms with E-state index < -0.39 is 0 Å². The van der Waals surface area contributed by atoms with Gasteiger partial charge in [-0.25, -0.2) is 0 Å². The van der Waals surface area contributed by atoms with Crippen molar-refractivity contribution in [2.24, 2.45) is 0 Å². The lowest BCUT2D eigenvalue weighted by molar-refractivity contribution is 1.46. The van der Waals surface area contributed by atoms with E-state index >= 15 is 0 Å². The Morgan fingerprint density at radius 2 is 1.69 bits per heavy atom. The standard InChI is InChI=1S/C13H11BClN/c1-8-9(4-3-7-12(8)16)10-5-2-6-11(14)13(10)15/h2-7H,16H2,1H3. The fourth-order valence-electron chi connectivity index (χ4n) is 1.70. The van der Waals surface area contributed by atoms with E-state index in [9.17, 15) is 0 Å². The molecule has 2 rings (SSSR count). The smallest absolute Gasteiger partial charge is 0.115 e. The first kappa shape index (κ1) is 11.1. The van der Waals surface area contributed by atoms with E-state index in [0.717, 1.165) is 22.4 Å². The van der Waals surface area contributed by atoms with Crippen molar-refractivity contribution in [1.82, 2.24) is 0 Å². The molecule has 3 heteroatoms. The molecule has 0 saturated carbocycles. The summed E-state index contributed by atoms with van der Waals surface area (Å²) in [5.74, 6) is 0. The fraction of sp³-hybridized carbons (Fsp3) is 0.0769. The van der Waals surface area contributed by atoms with Crippen molar-refractivity contribution in [2.75, 3.05) is 5.73 Å². The van der Waals surface area contributed by atoms with Crippen LogP contribution in [0.15, 0.2) is 36.4 Å². The van der Waals surface area contributed by atoms with Crippen LogP contribution in [0.1, 0.15) is 5.56 Å². The maximum absolute atomic E-state index is 6.19. The molecule has 0 aliphatic rings. The molecule has 78 valence electrons. The third-order valence-corrected chi connectivity index (χ3v) is 3.12. The summed E-state index contributed by atoms with van der Waals surface area (Å²) in [5, 5.41) is 0.580. The van der Waals surface area contributed by atoms with Crippen LogP contribution in [0.5, 0.6) is 0 Å². The lowest BCUT2D eigenvalue weighted by atomic mass is 9.90. The number of benzene rings is 2. The second-order valence-corrected chi connectivity index (χ2v) is 4.11. The van der Waals surface area contributed by atoms with Crippen LogP contribution in [0.4, 0.5) is 5.69 Å². The van der Waals surface area contributed by atoms with Crippen LogP contribution in [0, 0.1) is 6.92 Å². The van der Waals surface area contributed by atoms with Gasteiger partial charge in [0.05, 0.1) is 0 Å². The highest BCUT2D eigenvalue weighted by Crippen LogP contribution is 2.31. The summed E-state index contributed by atoms with van der Waals surface area (Å²) in [5.41, 5.74) is 10.2. The molecular weight excluding hydrogens is 216 g/mol. The van der Waals surface area contributed by atoms with Crippen molar-refractivity contribution in [3.8, 4) is 11.1 Å². The number of nitrogen functional groups attached to an aromatic ring is 1. The van der Waals surface area contributed by atoms with Crippen LogP contribution >= 0.6 is 11.6 Å². The van der Waals surface area contributed by atoms with E-state index in [1.165, 1.54) is 0 Å². The third kappa shape index (κ3) is 1.81. The highest BCUT2D eigenvalue weighted by atomic mass is 35.5. The van der Waals surface area contributed by atoms with Crippen LogP contribution < -0.4 is 11.2 Å². The van der Waals surface area contributed by atoms with Crippen molar-refractivity contribution < 1.29 is 0 Å². The molecular formula is C13H11BClN. The monoisotopic (exact) mass is 227 g/mol. The van der Waals surface area contributed by atoms with Crippen LogP contribution in [0.25, 0.3) is 11.1 Å². The minimum atomic E-state index is 0.580. The van der Waals surface area contributed by atoms with Crippen LogP contribution in [0.2, 0.25) is 5.02 Å². The molecule has 0 heterocycles. The van der Waals surface area contributed by atoms with Crippen molar-refractivity contribution in [3.05, 3.63) is 47.0 Å². The van der Waals surface area contributed by atoms with Gasteiger partial charge in [0.25, 0.3) is 0 Å². The normalized spacial score (nSPS) is 10.4. The average Bonchev–Trinajstić information content (AvgIpc) is 2.27. The summed E-state index contributed by atoms with van der Waals surface area (Å²) in [7, 11) is 5.78. The second-order valence-electron chi connectivity index (χ2n) is 3.73. The Labute approximate surface area is 102 Å². The Morgan fingerprint density at radius 3 is 2.44 bits per heavy atom. The molecule has 2 aromatic carbocycles. The first-order valence-electron chi connectivity index (χ1n) is 5.00. The van der Waals surface area contributed by atoms with Gasteiger partial charge in [0.2, 0.25) is 0 Å². The van der Waals surface area contributed by atoms with Gasteiger partial charge in [-0.05, 0) is 24.1 Å². The summed E-state index contributed by atoms with van der Waals surface area (Å²) in [6.07, 6.45) is 0. The Balaban J connectivity index is 2.68. The highest BCUT2D eigenvalue weighted by Gasteiger charge is 2.08. The Hall–Kier alpha value is -1.41. The Kier molecular flexibility index (Phi) is 2.93. The number of hydrogen-bond acceptors (Lipinski definition) is 1. The number of nitrogens with two attached hydrogens (primary N) is 1. The van der Waals surface area contributed by atoms with E-state index in [1.54, 1.807) is 6.07 Å². The molecule has 0 unspecified atom stereocenters. The molecule has 2 radical (unpaired) electrons. The van der Waals surface area contributed by atoms with Gasteiger partial charge in [-0.3, -0.25) is 0 Å². The molecule has 2 N–H and O–H groups in total. The number of hydrogen-bond donors (Lipinski definition) is 1. The van der Waals surface area contributed by atoms with Crippen LogP contribution in [0.3, 0.4) is 0 Å². The summed E-state index contributed by atoms with van der Waals surface area (Å²) < 4.78 is 0. The zero-order valence-corrected chi connectivity index (χ0v) is 9.75. The quantitative estimate of drug-likeness (QED) is 0.588. The Morgan fingerprint density at radius 1 is 1.06 bits per heavy atom. The lowest BCUT2D eigenvalue weighted by Crippen LogP contribution is -2.04. The minimum Gasteiger partial charge on any atom is -0.398 e. The lowest BCUT2D eigenvalue weighted by Gasteiger charge is -2.11. The predicted molar refractivity (Wildman–Crippen MR) is 71.4 cm³/mol. The van der Waals surface area contributed by atoms with Gasteiger partial charge in [0.15, 0.2) is 0 Å². The molecule has 0 saturated heterocycles. The fourth-order valence-corrected chi connectivity index (χ4v) is 1.93. The van der Waals surface area contributed by atoms with Gasteiger partial charge in [-0.1, -0.05) is 47.4 Å². The van der Waals surface area contributed by atoms with Crippen molar-refractivity contribution in [2.45, 2.75) is 6.92 Å². The second kappa shape index (κ2) is 4.22. The molecule has 0 bridgehead atoms. The van der Waals surface area contributed by atoms with Gasteiger partial charge in [0, 0.05) is 16.3 Å². The van der Waals surface area contributed by atoms with Gasteiger partial charge < -0.3 is 5.73 Å². The number of halogens is 1. The minimum absolute atomic E-state index is 0.580. The van der Waals surface area contributed by atoms with Crippen molar-refractivity contribution in [1.29, 1.82) is 0 Å². The predicted octanol–water partition coefficient (Wildman–Crippen LogP) is 2.69. The van der Waals surface area contributed by atoms with Crippen LogP contribution in [-0.2, 0) is 0 Å². The summed E-state index contributed by atoms with van der Waals surface area (Å²) in [6, 6.07) is 11.4. The van der Waals surface area contributed by atoms with Gasteiger partial charge in [-0.2, -0.15) is 0 Å². The summed E-state index contributed by atoms with van der Waals surface area (Å²) >= 11 is 6.19. The van der Waals surface area contributed by atoms with Gasteiger partial charge in [0.1, 0.15) is 7.85 Å². The number of rotatable bonds is 1. The van der Waals surface area contributed by atoms with Gasteiger partial charge in [-0.15, -0.1) is 0 Å². The Bertz CT molecular complexity index is 488. The maximum atomic E-state index is 6.19. The molecule has 0 spiro atoms. The molecule has 1 nitrogen and oxygen atoms in total. The molecule has 0 aromatic heterocycles. The highest BCUT2D eigenvalue weighted by molar-refractivity contribution is 6.46. The summed E-state index contributed by atoms with van der Waals surface area (Å²) in [4.78, 5) is 0. The van der Waals surface area contributed by atoms with Crippen molar-refractivity contribution in [3.63, 3.8) is 0 Å². The molecule has 2 aromatic rings. The van der Waals surface area contributed by atoms with E-state index in [1.807, 2.05) is 37.3 Å². The summed E-state index contributed by atoms with van der Waals surface area (Å²) in [6.45, 7) is 1.98. The maximum Gasteiger partial charge on any atom is 0.115 e. The van der Waals surface area contributed by atoms with E-state index in [4.69, 9.17) is 25.2 Å². The molecule has 0 aliphatic carbocycles. The molecule has 0 fully saturated rings. The molecule has 0 atom stereocenters. The van der Waals surface area contributed by atoms with Crippen LogP contribution in [-0.4, -0.2) is 7.85 Å². The van der Waals surface area contributed by atoms with Gasteiger partial charge >= 0.3 is 0 Å². The van der Waals surface area contributed by atoms with E-state index in [-0.39, 0.29) is 0 Å². The SMILES string of the molecule is [B]c1cccc(-c2cccc(N)c2C)c1Cl. The average molecular weight is 228 g/mol. The molecule has 0 amide bonds. The first-order chi connectivity index (χ1) is 7.61.